The quantitative estimate of drug-likeness (QED) is 0.339. The summed E-state index contributed by atoms with van der Waals surface area (Å²) in [6.45, 7) is 1.91. The molecule has 0 atom stereocenters. The first-order valence-electron chi connectivity index (χ1n) is 9.94. The lowest BCUT2D eigenvalue weighted by Gasteiger charge is -2.13. The highest BCUT2D eigenvalue weighted by Gasteiger charge is 2.26. The summed E-state index contributed by atoms with van der Waals surface area (Å²) >= 11 is 0. The second-order valence-corrected chi connectivity index (χ2v) is 7.18. The number of benzene rings is 2. The molecule has 1 N–H and O–H groups in total. The van der Waals surface area contributed by atoms with Gasteiger partial charge in [-0.25, -0.2) is 4.98 Å². The van der Waals surface area contributed by atoms with E-state index in [2.05, 4.69) is 15.4 Å². The van der Waals surface area contributed by atoms with Gasteiger partial charge in [0.05, 0.1) is 36.9 Å². The molecule has 170 valence electrons. The van der Waals surface area contributed by atoms with Gasteiger partial charge in [-0.2, -0.15) is 15.0 Å². The zero-order valence-electron chi connectivity index (χ0n) is 18.4. The molecule has 0 aliphatic carbocycles. The van der Waals surface area contributed by atoms with Crippen LogP contribution in [0.4, 0.5) is 11.5 Å². The monoisotopic (exact) mass is 458 g/mol. The van der Waals surface area contributed by atoms with Gasteiger partial charge in [0.25, 0.3) is 11.6 Å². The summed E-state index contributed by atoms with van der Waals surface area (Å²) in [5, 5.41) is 28.9. The lowest BCUT2D eigenvalue weighted by molar-refractivity contribution is -0.385. The van der Waals surface area contributed by atoms with E-state index in [-0.39, 0.29) is 28.4 Å². The van der Waals surface area contributed by atoms with E-state index in [1.807, 2.05) is 37.3 Å². The van der Waals surface area contributed by atoms with E-state index in [0.717, 1.165) is 17.0 Å². The molecule has 2 aromatic heterocycles. The third-order valence-corrected chi connectivity index (χ3v) is 5.19. The molecule has 0 aliphatic rings. The Morgan fingerprint density at radius 2 is 1.88 bits per heavy atom. The van der Waals surface area contributed by atoms with Gasteiger partial charge in [0, 0.05) is 11.5 Å². The number of carbonyl (C=O) groups is 1. The number of pyridine rings is 1. The van der Waals surface area contributed by atoms with Crippen molar-refractivity contribution in [2.24, 2.45) is 0 Å². The van der Waals surface area contributed by atoms with Gasteiger partial charge in [-0.3, -0.25) is 14.9 Å². The minimum Gasteiger partial charge on any atom is -0.493 e. The van der Waals surface area contributed by atoms with Gasteiger partial charge < -0.3 is 14.8 Å². The summed E-state index contributed by atoms with van der Waals surface area (Å²) in [6, 6.07) is 13.6. The van der Waals surface area contributed by atoms with E-state index in [1.165, 1.54) is 31.2 Å². The fourth-order valence-corrected chi connectivity index (χ4v) is 3.54. The summed E-state index contributed by atoms with van der Waals surface area (Å²) in [5.41, 5.74) is 0.923. The SMILES string of the molecule is COc1cc(C(=O)Nc2c(C#N)cnn2-c2cc(C)c3ccccc3n2)c([N+](=O)[O-])cc1OC. The number of anilines is 1. The Morgan fingerprint density at radius 3 is 2.56 bits per heavy atom. The molecular weight excluding hydrogens is 440 g/mol. The highest BCUT2D eigenvalue weighted by Crippen LogP contribution is 2.35. The number of carbonyl (C=O) groups excluding carboxylic acids is 1. The number of ether oxygens (including phenoxy) is 2. The summed E-state index contributed by atoms with van der Waals surface area (Å²) in [7, 11) is 2.68. The molecule has 0 aliphatic heterocycles. The number of hydrogen-bond acceptors (Lipinski definition) is 8. The Morgan fingerprint density at radius 1 is 1.18 bits per heavy atom. The maximum atomic E-state index is 13.2. The van der Waals surface area contributed by atoms with Crippen LogP contribution in [0, 0.1) is 28.4 Å². The van der Waals surface area contributed by atoms with Gasteiger partial charge >= 0.3 is 0 Å². The Labute approximate surface area is 193 Å². The molecule has 11 nitrogen and oxygen atoms in total. The lowest BCUT2D eigenvalue weighted by Crippen LogP contribution is -2.18. The number of nitro benzene ring substituents is 1. The van der Waals surface area contributed by atoms with Crippen molar-refractivity contribution in [1.82, 2.24) is 14.8 Å². The van der Waals surface area contributed by atoms with Gasteiger partial charge in [-0.05, 0) is 24.6 Å². The molecule has 0 radical (unpaired) electrons. The van der Waals surface area contributed by atoms with Crippen LogP contribution >= 0.6 is 0 Å². The number of fused-ring (bicyclic) bond motifs is 1. The first-order valence-corrected chi connectivity index (χ1v) is 9.94. The van der Waals surface area contributed by atoms with Gasteiger partial charge in [0.15, 0.2) is 23.1 Å². The standard InChI is InChI=1S/C23H18N6O5/c1-13-8-21(26-17-7-5-4-6-15(13)17)28-22(14(11-24)12-25-28)27-23(30)16-9-19(33-2)20(34-3)10-18(16)29(31)32/h4-10,12H,1-3H3,(H,27,30). The normalized spacial score (nSPS) is 10.5. The van der Waals surface area contributed by atoms with E-state index >= 15 is 0 Å². The Hall–Kier alpha value is -4.98. The number of nitrogens with zero attached hydrogens (tertiary/aromatic N) is 5. The third kappa shape index (κ3) is 3.84. The van der Waals surface area contributed by atoms with E-state index < -0.39 is 16.5 Å². The summed E-state index contributed by atoms with van der Waals surface area (Å²) in [5.74, 6) is -0.194. The number of hydrogen-bond donors (Lipinski definition) is 1. The summed E-state index contributed by atoms with van der Waals surface area (Å²) in [4.78, 5) is 28.7. The predicted molar refractivity (Wildman–Crippen MR) is 122 cm³/mol. The minimum atomic E-state index is -0.830. The molecule has 0 fully saturated rings. The fourth-order valence-electron chi connectivity index (χ4n) is 3.54. The van der Waals surface area contributed by atoms with Gasteiger partial charge in [0.2, 0.25) is 0 Å². The van der Waals surface area contributed by atoms with Crippen molar-refractivity contribution in [3.8, 4) is 23.4 Å². The number of nitriles is 1. The van der Waals surface area contributed by atoms with Crippen LogP contribution in [0.25, 0.3) is 16.7 Å². The molecule has 1 amide bonds. The molecule has 0 saturated carbocycles. The number of methoxy groups -OCH3 is 2. The van der Waals surface area contributed by atoms with E-state index in [0.29, 0.717) is 11.3 Å². The van der Waals surface area contributed by atoms with Crippen LogP contribution in [-0.4, -0.2) is 39.8 Å². The zero-order valence-corrected chi connectivity index (χ0v) is 18.4. The Balaban J connectivity index is 1.81. The van der Waals surface area contributed by atoms with Crippen LogP contribution in [-0.2, 0) is 0 Å². The van der Waals surface area contributed by atoms with Crippen LogP contribution in [0.2, 0.25) is 0 Å². The van der Waals surface area contributed by atoms with Crippen LogP contribution in [0.3, 0.4) is 0 Å². The number of amides is 1. The Bertz CT molecular complexity index is 1490. The lowest BCUT2D eigenvalue weighted by atomic mass is 10.1. The number of nitrogens with one attached hydrogen (secondary N) is 1. The number of aromatic nitrogens is 3. The third-order valence-electron chi connectivity index (χ3n) is 5.19. The molecule has 2 heterocycles. The number of para-hydroxylation sites is 1. The van der Waals surface area contributed by atoms with E-state index in [4.69, 9.17) is 9.47 Å². The summed E-state index contributed by atoms with van der Waals surface area (Å²) < 4.78 is 11.6. The van der Waals surface area contributed by atoms with Crippen molar-refractivity contribution < 1.29 is 19.2 Å². The van der Waals surface area contributed by atoms with Gasteiger partial charge in [-0.15, -0.1) is 0 Å². The van der Waals surface area contributed by atoms with Crippen LogP contribution < -0.4 is 14.8 Å². The Kier molecular flexibility index (Phi) is 5.80. The van der Waals surface area contributed by atoms with Crippen LogP contribution in [0.15, 0.2) is 48.7 Å². The molecule has 0 bridgehead atoms. The molecule has 34 heavy (non-hydrogen) atoms. The van der Waals surface area contributed by atoms with Gasteiger partial charge in [-0.1, -0.05) is 18.2 Å². The first kappa shape index (κ1) is 22.2. The maximum Gasteiger partial charge on any atom is 0.286 e. The predicted octanol–water partition coefficient (Wildman–Crippen LogP) is 3.78. The van der Waals surface area contributed by atoms with Crippen molar-refractivity contribution >= 4 is 28.3 Å². The summed E-state index contributed by atoms with van der Waals surface area (Å²) in [6.07, 6.45) is 1.28. The van der Waals surface area contributed by atoms with Crippen molar-refractivity contribution in [2.45, 2.75) is 6.92 Å². The first-order chi connectivity index (χ1) is 16.4. The number of aryl methyl sites for hydroxylation is 1. The highest BCUT2D eigenvalue weighted by molar-refractivity contribution is 6.07. The largest absolute Gasteiger partial charge is 0.493 e. The molecule has 0 saturated heterocycles. The number of rotatable bonds is 6. The van der Waals surface area contributed by atoms with Crippen molar-refractivity contribution in [1.29, 1.82) is 5.26 Å². The molecule has 0 spiro atoms. The maximum absolute atomic E-state index is 13.2. The van der Waals surface area contributed by atoms with Gasteiger partial charge in [0.1, 0.15) is 17.2 Å². The van der Waals surface area contributed by atoms with E-state index in [9.17, 15) is 20.2 Å². The molecule has 11 heteroatoms. The molecule has 2 aromatic carbocycles. The van der Waals surface area contributed by atoms with Crippen LogP contribution in [0.1, 0.15) is 21.5 Å². The van der Waals surface area contributed by atoms with Crippen LogP contribution in [0.5, 0.6) is 11.5 Å². The second kappa shape index (κ2) is 8.87. The molecule has 4 aromatic rings. The van der Waals surface area contributed by atoms with Crippen molar-refractivity contribution in [3.05, 3.63) is 75.5 Å². The second-order valence-electron chi connectivity index (χ2n) is 7.18. The molecule has 0 unspecified atom stereocenters. The average molecular weight is 458 g/mol. The van der Waals surface area contributed by atoms with E-state index in [1.54, 1.807) is 6.07 Å². The highest BCUT2D eigenvalue weighted by atomic mass is 16.6. The molecule has 4 rings (SSSR count). The zero-order chi connectivity index (χ0) is 24.4. The minimum absolute atomic E-state index is 0.0266. The smallest absolute Gasteiger partial charge is 0.286 e. The number of nitro groups is 1. The fraction of sp³-hybridized carbons (Fsp3) is 0.130. The van der Waals surface area contributed by atoms with Crippen molar-refractivity contribution in [2.75, 3.05) is 19.5 Å². The average Bonchev–Trinajstić information content (AvgIpc) is 3.25. The molecular formula is C23H18N6O5. The topological polar surface area (TPSA) is 145 Å². The van der Waals surface area contributed by atoms with Crippen molar-refractivity contribution in [3.63, 3.8) is 0 Å².